The maximum atomic E-state index is 13.0. The molecule has 1 aliphatic rings. The number of nitrogens with one attached hydrogen (secondary N) is 1. The van der Waals surface area contributed by atoms with E-state index in [1.54, 1.807) is 0 Å². The first kappa shape index (κ1) is 15.4. The van der Waals surface area contributed by atoms with Crippen molar-refractivity contribution >= 4 is 17.3 Å². The third kappa shape index (κ3) is 3.79. The molecule has 0 bridgehead atoms. The molecule has 1 unspecified atom stereocenters. The van der Waals surface area contributed by atoms with Crippen LogP contribution in [0.3, 0.4) is 0 Å². The van der Waals surface area contributed by atoms with Gasteiger partial charge in [0.2, 0.25) is 0 Å². The highest BCUT2D eigenvalue weighted by Gasteiger charge is 2.34. The number of piperidine rings is 1. The maximum absolute atomic E-state index is 13.0. The second-order valence-electron chi connectivity index (χ2n) is 5.20. The zero-order chi connectivity index (χ0) is 14.8. The average molecular weight is 307 g/mol. The van der Waals surface area contributed by atoms with Gasteiger partial charge in [-0.2, -0.15) is 13.2 Å². The van der Waals surface area contributed by atoms with Crippen LogP contribution in [-0.2, 0) is 6.18 Å². The molecule has 1 aliphatic heterocycles. The average Bonchev–Trinajstić information content (AvgIpc) is 2.38. The number of likely N-dealkylation sites (N-methyl/N-ethyl adjacent to an activating group) is 1. The second-order valence-corrected chi connectivity index (χ2v) is 5.64. The van der Waals surface area contributed by atoms with Gasteiger partial charge in [-0.05, 0) is 44.6 Å². The van der Waals surface area contributed by atoms with Crippen molar-refractivity contribution in [2.24, 2.45) is 0 Å². The Morgan fingerprint density at radius 1 is 1.35 bits per heavy atom. The minimum absolute atomic E-state index is 0.0951. The molecule has 1 saturated heterocycles. The molecule has 0 aromatic heterocycles. The third-order valence-corrected chi connectivity index (χ3v) is 3.97. The number of rotatable bonds is 3. The zero-order valence-corrected chi connectivity index (χ0v) is 12.1. The van der Waals surface area contributed by atoms with E-state index in [1.165, 1.54) is 12.1 Å². The first-order chi connectivity index (χ1) is 9.38. The summed E-state index contributed by atoms with van der Waals surface area (Å²) in [4.78, 5) is 2.19. The molecule has 1 fully saturated rings. The van der Waals surface area contributed by atoms with Crippen LogP contribution < -0.4 is 5.32 Å². The van der Waals surface area contributed by atoms with Crippen LogP contribution in [0.15, 0.2) is 18.2 Å². The van der Waals surface area contributed by atoms with Crippen molar-refractivity contribution in [3.63, 3.8) is 0 Å². The van der Waals surface area contributed by atoms with Crippen LogP contribution in [-0.4, -0.2) is 31.1 Å². The molecule has 2 nitrogen and oxygen atoms in total. The van der Waals surface area contributed by atoms with Crippen LogP contribution in [0.1, 0.15) is 24.8 Å². The van der Waals surface area contributed by atoms with Gasteiger partial charge in [-0.25, -0.2) is 0 Å². The number of alkyl halides is 3. The monoisotopic (exact) mass is 306 g/mol. The van der Waals surface area contributed by atoms with E-state index in [0.29, 0.717) is 6.54 Å². The number of hydrogen-bond acceptors (Lipinski definition) is 2. The number of halogens is 4. The first-order valence-electron chi connectivity index (χ1n) is 6.69. The highest BCUT2D eigenvalue weighted by Crippen LogP contribution is 2.36. The predicted molar refractivity (Wildman–Crippen MR) is 75.2 cm³/mol. The molecular weight excluding hydrogens is 289 g/mol. The molecule has 0 spiro atoms. The molecule has 1 aromatic rings. The fraction of sp³-hybridized carbons (Fsp3) is 0.571. The number of nitrogens with zero attached hydrogens (tertiary/aromatic N) is 1. The Balaban J connectivity index is 2.09. The summed E-state index contributed by atoms with van der Waals surface area (Å²) in [5, 5.41) is 3.02. The van der Waals surface area contributed by atoms with Gasteiger partial charge in [0.1, 0.15) is 0 Å². The van der Waals surface area contributed by atoms with Gasteiger partial charge < -0.3 is 10.2 Å². The molecule has 112 valence electrons. The topological polar surface area (TPSA) is 15.3 Å². The summed E-state index contributed by atoms with van der Waals surface area (Å²) in [6.07, 6.45) is -1.10. The first-order valence-corrected chi connectivity index (χ1v) is 7.06. The van der Waals surface area contributed by atoms with E-state index in [-0.39, 0.29) is 16.8 Å². The second kappa shape index (κ2) is 6.22. The quantitative estimate of drug-likeness (QED) is 0.898. The van der Waals surface area contributed by atoms with Crippen LogP contribution in [0.4, 0.5) is 18.9 Å². The van der Waals surface area contributed by atoms with Gasteiger partial charge in [-0.1, -0.05) is 18.0 Å². The van der Waals surface area contributed by atoms with Crippen LogP contribution in [0.2, 0.25) is 5.02 Å². The lowest BCUT2D eigenvalue weighted by molar-refractivity contribution is -0.136. The molecule has 1 heterocycles. The SMILES string of the molecule is CN1CCCCC1CNc1ccc(Cl)cc1C(F)(F)F. The number of anilines is 1. The van der Waals surface area contributed by atoms with E-state index >= 15 is 0 Å². The van der Waals surface area contributed by atoms with E-state index < -0.39 is 11.7 Å². The van der Waals surface area contributed by atoms with Gasteiger partial charge in [-0.3, -0.25) is 0 Å². The van der Waals surface area contributed by atoms with Crippen LogP contribution in [0.25, 0.3) is 0 Å². The largest absolute Gasteiger partial charge is 0.418 e. The van der Waals surface area contributed by atoms with E-state index in [1.807, 2.05) is 7.05 Å². The summed E-state index contributed by atoms with van der Waals surface area (Å²) >= 11 is 5.66. The fourth-order valence-electron chi connectivity index (χ4n) is 2.53. The normalized spacial score (nSPS) is 20.9. The summed E-state index contributed by atoms with van der Waals surface area (Å²) in [5.41, 5.74) is -0.607. The van der Waals surface area contributed by atoms with Crippen molar-refractivity contribution in [2.75, 3.05) is 25.5 Å². The number of hydrogen-bond donors (Lipinski definition) is 1. The lowest BCUT2D eigenvalue weighted by Crippen LogP contribution is -2.40. The summed E-state index contributed by atoms with van der Waals surface area (Å²) in [6.45, 7) is 1.51. The predicted octanol–water partition coefficient (Wildman–Crippen LogP) is 4.26. The van der Waals surface area contributed by atoms with Crippen molar-refractivity contribution in [1.29, 1.82) is 0 Å². The molecule has 1 aromatic carbocycles. The highest BCUT2D eigenvalue weighted by atomic mass is 35.5. The van der Waals surface area contributed by atoms with E-state index in [0.717, 1.165) is 31.9 Å². The van der Waals surface area contributed by atoms with E-state index in [4.69, 9.17) is 11.6 Å². The summed E-state index contributed by atoms with van der Waals surface area (Å²) in [7, 11) is 2.01. The summed E-state index contributed by atoms with van der Waals surface area (Å²) in [5.74, 6) is 0. The Kier molecular flexibility index (Phi) is 4.81. The Morgan fingerprint density at radius 2 is 2.10 bits per heavy atom. The molecular formula is C14H18ClF3N2. The Labute approximate surface area is 121 Å². The molecule has 1 N–H and O–H groups in total. The van der Waals surface area contributed by atoms with Crippen LogP contribution in [0.5, 0.6) is 0 Å². The van der Waals surface area contributed by atoms with Gasteiger partial charge in [-0.15, -0.1) is 0 Å². The fourth-order valence-corrected chi connectivity index (χ4v) is 2.71. The van der Waals surface area contributed by atoms with Crippen molar-refractivity contribution in [1.82, 2.24) is 4.90 Å². The zero-order valence-electron chi connectivity index (χ0n) is 11.3. The Hall–Kier alpha value is -0.940. The summed E-state index contributed by atoms with van der Waals surface area (Å²) < 4.78 is 38.9. The molecule has 20 heavy (non-hydrogen) atoms. The van der Waals surface area contributed by atoms with Crippen molar-refractivity contribution in [3.8, 4) is 0 Å². The molecule has 0 amide bonds. The third-order valence-electron chi connectivity index (χ3n) is 3.74. The lowest BCUT2D eigenvalue weighted by Gasteiger charge is -2.33. The van der Waals surface area contributed by atoms with Crippen LogP contribution in [0, 0.1) is 0 Å². The molecule has 1 atom stereocenters. The van der Waals surface area contributed by atoms with Gasteiger partial charge in [0.25, 0.3) is 0 Å². The lowest BCUT2D eigenvalue weighted by atomic mass is 10.0. The molecule has 0 saturated carbocycles. The van der Waals surface area contributed by atoms with Gasteiger partial charge in [0, 0.05) is 23.3 Å². The summed E-state index contributed by atoms with van der Waals surface area (Å²) in [6, 6.07) is 4.12. The maximum Gasteiger partial charge on any atom is 0.418 e. The molecule has 0 radical (unpaired) electrons. The van der Waals surface area contributed by atoms with Crippen molar-refractivity contribution < 1.29 is 13.2 Å². The minimum Gasteiger partial charge on any atom is -0.383 e. The minimum atomic E-state index is -4.40. The van der Waals surface area contributed by atoms with Gasteiger partial charge in [0.05, 0.1) is 5.56 Å². The Morgan fingerprint density at radius 3 is 2.75 bits per heavy atom. The number of likely N-dealkylation sites (tertiary alicyclic amines) is 1. The molecule has 2 rings (SSSR count). The van der Waals surface area contributed by atoms with Gasteiger partial charge in [0.15, 0.2) is 0 Å². The smallest absolute Gasteiger partial charge is 0.383 e. The van der Waals surface area contributed by atoms with Crippen molar-refractivity contribution in [3.05, 3.63) is 28.8 Å². The number of benzene rings is 1. The standard InChI is InChI=1S/C14H18ClF3N2/c1-20-7-3-2-4-11(20)9-19-13-6-5-10(15)8-12(13)14(16,17)18/h5-6,8,11,19H,2-4,7,9H2,1H3. The Bertz CT molecular complexity index is 462. The van der Waals surface area contributed by atoms with Gasteiger partial charge >= 0.3 is 6.18 Å². The van der Waals surface area contributed by atoms with Crippen LogP contribution >= 0.6 is 11.6 Å². The molecule has 6 heteroatoms. The molecule has 0 aliphatic carbocycles. The van der Waals surface area contributed by atoms with E-state index in [2.05, 4.69) is 10.2 Å². The van der Waals surface area contributed by atoms with E-state index in [9.17, 15) is 13.2 Å². The van der Waals surface area contributed by atoms with Crippen molar-refractivity contribution in [2.45, 2.75) is 31.5 Å². The highest BCUT2D eigenvalue weighted by molar-refractivity contribution is 6.30.